The van der Waals surface area contributed by atoms with E-state index in [9.17, 15) is 0 Å². The quantitative estimate of drug-likeness (QED) is 0.167. The van der Waals surface area contributed by atoms with Crippen LogP contribution in [0, 0.1) is 0 Å². The van der Waals surface area contributed by atoms with Gasteiger partial charge in [-0.2, -0.15) is 0 Å². The van der Waals surface area contributed by atoms with Gasteiger partial charge in [0.2, 0.25) is 0 Å². The molecule has 2 heterocycles. The monoisotopic (exact) mass is 1250 g/mol. The Labute approximate surface area is 571 Å². The molecule has 0 N–H and O–H groups in total. The maximum Gasteiger partial charge on any atom is 0.164 e. The third kappa shape index (κ3) is 8.91. The Kier molecular flexibility index (Phi) is 13.3. The molecule has 4 aliphatic carbocycles. The van der Waals surface area contributed by atoms with Gasteiger partial charge in [0.1, 0.15) is 0 Å². The summed E-state index contributed by atoms with van der Waals surface area (Å²) in [4.78, 5) is 14.7. The van der Waals surface area contributed by atoms with E-state index in [0.717, 1.165) is 16.7 Å². The molecule has 0 aliphatic heterocycles. The predicted molar refractivity (Wildman–Crippen MR) is 406 cm³/mol. The number of nitrogens with zero attached hydrogens (tertiary/aromatic N) is 4. The van der Waals surface area contributed by atoms with Gasteiger partial charge in [0, 0.05) is 44.0 Å². The minimum atomic E-state index is -0.131. The lowest BCUT2D eigenvalue weighted by Gasteiger charge is -2.49. The van der Waals surface area contributed by atoms with E-state index in [0.29, 0.717) is 17.5 Å². The van der Waals surface area contributed by atoms with Gasteiger partial charge < -0.3 is 4.57 Å². The average molecular weight is 1250 g/mol. The molecular formula is C93H80N4. The van der Waals surface area contributed by atoms with Crippen LogP contribution in [-0.2, 0) is 32.5 Å². The van der Waals surface area contributed by atoms with Gasteiger partial charge in [-0.15, -0.1) is 0 Å². The van der Waals surface area contributed by atoms with Crippen LogP contribution in [0.1, 0.15) is 128 Å². The zero-order chi connectivity index (χ0) is 66.7. The van der Waals surface area contributed by atoms with Gasteiger partial charge in [0.25, 0.3) is 0 Å². The standard InChI is InChI=1S/C48H41N3.C45H39N/c1-46(2)38-27-28-39-42(35-19-13-14-20-37(35)47(3,4)48(39,5)6)41(38)36-26-25-34(29-40(36)46)30-21-23-33(24-22-30)45-50-43(31-15-9-7-10-16-31)49-44(51-45)32-17-11-8-12-18-32;1-43(2)38-25-29(28-19-22-30(23-20-28)46-41-17-11-8-14-33(41)34-15-9-12-18-42(34)46)21-24-32(38)35-26-36-31-13-7-10-16-37(31)44(3,4)45(5,6)40(36)27-39(35)43/h7-29H,1-6H3;7-27H,1-6H3. The molecule has 0 radical (unpaired) electrons. The van der Waals surface area contributed by atoms with Crippen LogP contribution in [0.3, 0.4) is 0 Å². The van der Waals surface area contributed by atoms with E-state index in [1.165, 1.54) is 139 Å². The molecule has 0 bridgehead atoms. The Morgan fingerprint density at radius 3 is 1.14 bits per heavy atom. The zero-order valence-corrected chi connectivity index (χ0v) is 57.7. The lowest BCUT2D eigenvalue weighted by atomic mass is 9.54. The molecule has 4 nitrogen and oxygen atoms in total. The molecular weight excluding hydrogens is 1170 g/mol. The van der Waals surface area contributed by atoms with E-state index in [2.05, 4.69) is 294 Å². The van der Waals surface area contributed by atoms with Crippen molar-refractivity contribution in [2.75, 3.05) is 0 Å². The van der Waals surface area contributed by atoms with E-state index in [-0.39, 0.29) is 32.5 Å². The van der Waals surface area contributed by atoms with Crippen LogP contribution in [0.25, 0.3) is 128 Å². The summed E-state index contributed by atoms with van der Waals surface area (Å²) >= 11 is 0. The Balaban J connectivity index is 0.000000147. The van der Waals surface area contributed by atoms with Crippen molar-refractivity contribution in [3.63, 3.8) is 0 Å². The average Bonchev–Trinajstić information content (AvgIpc) is 1.66. The fourth-order valence-electron chi connectivity index (χ4n) is 17.1. The molecule has 4 heteroatoms. The smallest absolute Gasteiger partial charge is 0.164 e. The second kappa shape index (κ2) is 21.5. The Morgan fingerprint density at radius 1 is 0.227 bits per heavy atom. The number of aromatic nitrogens is 4. The Hall–Kier alpha value is -10.6. The van der Waals surface area contributed by atoms with Gasteiger partial charge in [-0.25, -0.2) is 15.0 Å². The molecule has 97 heavy (non-hydrogen) atoms. The minimum Gasteiger partial charge on any atom is -0.309 e. The highest BCUT2D eigenvalue weighted by Crippen LogP contribution is 2.62. The summed E-state index contributed by atoms with van der Waals surface area (Å²) in [5, 5.41) is 2.58. The SMILES string of the molecule is CC1(C)c2cc(-c3ccc(-c4nc(-c5ccccc5)nc(-c5ccccc5)n4)cc3)ccc2-c2c1ccc1c2-c2ccccc2C(C)(C)C1(C)C.CC1(C)c2cc(-c3ccc(-n4c5ccccc5c5ccccc54)cc3)ccc2-c2cc3c(cc21)C(C)(C)C(C)(C)c1ccccc1-3. The van der Waals surface area contributed by atoms with Crippen LogP contribution >= 0.6 is 0 Å². The molecule has 0 amide bonds. The lowest BCUT2D eigenvalue weighted by molar-refractivity contribution is 0.298. The van der Waals surface area contributed by atoms with Gasteiger partial charge in [0.05, 0.1) is 11.0 Å². The van der Waals surface area contributed by atoms with Crippen molar-refractivity contribution >= 4 is 21.8 Å². The topological polar surface area (TPSA) is 43.6 Å². The summed E-state index contributed by atoms with van der Waals surface area (Å²) in [5.41, 5.74) is 33.8. The first-order chi connectivity index (χ1) is 46.6. The zero-order valence-electron chi connectivity index (χ0n) is 57.7. The summed E-state index contributed by atoms with van der Waals surface area (Å²) in [7, 11) is 0. The van der Waals surface area contributed by atoms with Crippen LogP contribution in [0.4, 0.5) is 0 Å². The molecule has 0 unspecified atom stereocenters. The molecule has 12 aromatic carbocycles. The number of hydrogen-bond donors (Lipinski definition) is 0. The number of fused-ring (bicyclic) bond motifs is 16. The molecule has 0 fully saturated rings. The fraction of sp³-hybridized carbons (Fsp3) is 0.194. The number of rotatable bonds is 6. The third-order valence-electron chi connectivity index (χ3n) is 24.1. The number of para-hydroxylation sites is 2. The molecule has 14 aromatic rings. The predicted octanol–water partition coefficient (Wildman–Crippen LogP) is 24.1. The lowest BCUT2D eigenvalue weighted by Crippen LogP contribution is -2.43. The van der Waals surface area contributed by atoms with Gasteiger partial charge in [-0.1, -0.05) is 308 Å². The summed E-state index contributed by atoms with van der Waals surface area (Å²) in [6.45, 7) is 28.9. The van der Waals surface area contributed by atoms with Crippen molar-refractivity contribution in [1.82, 2.24) is 19.5 Å². The van der Waals surface area contributed by atoms with Crippen LogP contribution in [0.15, 0.2) is 267 Å². The van der Waals surface area contributed by atoms with Gasteiger partial charge in [-0.3, -0.25) is 0 Å². The second-order valence-corrected chi connectivity index (χ2v) is 30.7. The van der Waals surface area contributed by atoms with Crippen LogP contribution < -0.4 is 0 Å². The van der Waals surface area contributed by atoms with Crippen LogP contribution in [-0.4, -0.2) is 19.5 Å². The van der Waals surface area contributed by atoms with Crippen LogP contribution in [0.5, 0.6) is 0 Å². The van der Waals surface area contributed by atoms with Crippen molar-refractivity contribution in [3.05, 3.63) is 311 Å². The van der Waals surface area contributed by atoms with Crippen molar-refractivity contribution in [2.45, 2.75) is 116 Å². The van der Waals surface area contributed by atoms with E-state index in [1.807, 2.05) is 60.7 Å². The first-order valence-corrected chi connectivity index (χ1v) is 34.6. The van der Waals surface area contributed by atoms with Gasteiger partial charge in [0.15, 0.2) is 17.5 Å². The maximum absolute atomic E-state index is 4.94. The second-order valence-electron chi connectivity index (χ2n) is 30.7. The van der Waals surface area contributed by atoms with E-state index < -0.39 is 0 Å². The first kappa shape index (κ1) is 60.1. The largest absolute Gasteiger partial charge is 0.309 e. The molecule has 0 spiro atoms. The number of hydrogen-bond acceptors (Lipinski definition) is 3. The molecule has 4 aliphatic rings. The summed E-state index contributed by atoms with van der Waals surface area (Å²) in [6.07, 6.45) is 0. The van der Waals surface area contributed by atoms with Crippen LogP contribution in [0.2, 0.25) is 0 Å². The molecule has 0 saturated heterocycles. The van der Waals surface area contributed by atoms with Crippen molar-refractivity contribution in [2.24, 2.45) is 0 Å². The summed E-state index contributed by atoms with van der Waals surface area (Å²) < 4.78 is 2.39. The minimum absolute atomic E-state index is 0.000152. The summed E-state index contributed by atoms with van der Waals surface area (Å²) in [5.74, 6) is 2.00. The highest BCUT2D eigenvalue weighted by atomic mass is 15.0. The highest BCUT2D eigenvalue weighted by molar-refractivity contribution is 6.09. The van der Waals surface area contributed by atoms with E-state index in [1.54, 1.807) is 0 Å². The third-order valence-corrected chi connectivity index (χ3v) is 24.1. The first-order valence-electron chi connectivity index (χ1n) is 34.6. The molecule has 0 atom stereocenters. The van der Waals surface area contributed by atoms with Gasteiger partial charge in [-0.05, 0) is 175 Å². The van der Waals surface area contributed by atoms with Crippen molar-refractivity contribution in [1.29, 1.82) is 0 Å². The molecule has 472 valence electrons. The Morgan fingerprint density at radius 2 is 0.577 bits per heavy atom. The fourth-order valence-corrected chi connectivity index (χ4v) is 17.1. The van der Waals surface area contributed by atoms with Crippen molar-refractivity contribution < 1.29 is 0 Å². The molecule has 2 aromatic heterocycles. The Bertz CT molecular complexity index is 5430. The summed E-state index contributed by atoms with van der Waals surface area (Å²) in [6, 6.07) is 97.7. The maximum atomic E-state index is 4.94. The highest BCUT2D eigenvalue weighted by Gasteiger charge is 2.50. The van der Waals surface area contributed by atoms with Gasteiger partial charge >= 0.3 is 0 Å². The van der Waals surface area contributed by atoms with E-state index >= 15 is 0 Å². The van der Waals surface area contributed by atoms with Crippen molar-refractivity contribution in [3.8, 4) is 107 Å². The molecule has 0 saturated carbocycles. The molecule has 18 rings (SSSR count). The normalized spacial score (nSPS) is 16.1. The van der Waals surface area contributed by atoms with E-state index in [4.69, 9.17) is 15.0 Å². The number of benzene rings is 12.